The lowest BCUT2D eigenvalue weighted by molar-refractivity contribution is 0.632. The molecule has 3 aromatic rings. The number of nitrogens with two attached hydrogens (primary N) is 1. The molecule has 0 atom stereocenters. The van der Waals surface area contributed by atoms with Crippen LogP contribution in [0.5, 0.6) is 0 Å². The quantitative estimate of drug-likeness (QED) is 0.657. The van der Waals surface area contributed by atoms with E-state index in [1.165, 1.54) is 6.07 Å². The zero-order chi connectivity index (χ0) is 12.5. The third kappa shape index (κ3) is 1.70. The maximum absolute atomic E-state index is 14.0. The van der Waals surface area contributed by atoms with Gasteiger partial charge in [0.2, 0.25) is 0 Å². The summed E-state index contributed by atoms with van der Waals surface area (Å²) in [5.74, 6) is -0.306. The molecule has 0 aliphatic heterocycles. The Balaban J connectivity index is 2.31. The van der Waals surface area contributed by atoms with Gasteiger partial charge in [0.1, 0.15) is 5.82 Å². The van der Waals surface area contributed by atoms with Crippen molar-refractivity contribution < 1.29 is 4.39 Å². The van der Waals surface area contributed by atoms with Crippen LogP contribution in [0.15, 0.2) is 54.9 Å². The highest BCUT2D eigenvalue weighted by Crippen LogP contribution is 2.30. The zero-order valence-electron chi connectivity index (χ0n) is 9.60. The van der Waals surface area contributed by atoms with Crippen molar-refractivity contribution in [3.05, 3.63) is 60.7 Å². The summed E-state index contributed by atoms with van der Waals surface area (Å²) >= 11 is 0. The number of halogens is 1. The van der Waals surface area contributed by atoms with Gasteiger partial charge in [-0.2, -0.15) is 0 Å². The molecule has 0 aliphatic rings. The monoisotopic (exact) mass is 238 g/mol. The molecule has 0 spiro atoms. The summed E-state index contributed by atoms with van der Waals surface area (Å²) < 4.78 is 14.0. The van der Waals surface area contributed by atoms with E-state index >= 15 is 0 Å². The summed E-state index contributed by atoms with van der Waals surface area (Å²) in [4.78, 5) is 4.07. The van der Waals surface area contributed by atoms with Gasteiger partial charge in [-0.15, -0.1) is 0 Å². The van der Waals surface area contributed by atoms with Crippen LogP contribution >= 0.6 is 0 Å². The third-order valence-corrected chi connectivity index (χ3v) is 2.96. The Hall–Kier alpha value is -2.42. The Morgan fingerprint density at radius 1 is 1.00 bits per heavy atom. The molecule has 0 bridgehead atoms. The molecule has 2 aromatic carbocycles. The van der Waals surface area contributed by atoms with Gasteiger partial charge in [-0.3, -0.25) is 4.98 Å². The molecule has 2 nitrogen and oxygen atoms in total. The van der Waals surface area contributed by atoms with Gasteiger partial charge in [0.25, 0.3) is 0 Å². The Bertz CT molecular complexity index is 717. The van der Waals surface area contributed by atoms with E-state index in [2.05, 4.69) is 4.98 Å². The molecule has 2 N–H and O–H groups in total. The van der Waals surface area contributed by atoms with Gasteiger partial charge in [-0.1, -0.05) is 18.2 Å². The lowest BCUT2D eigenvalue weighted by Gasteiger charge is -2.08. The van der Waals surface area contributed by atoms with Crippen LogP contribution in [0, 0.1) is 5.82 Å². The summed E-state index contributed by atoms with van der Waals surface area (Å²) in [7, 11) is 0. The zero-order valence-corrected chi connectivity index (χ0v) is 9.60. The van der Waals surface area contributed by atoms with Crippen molar-refractivity contribution in [3.63, 3.8) is 0 Å². The first-order valence-electron chi connectivity index (χ1n) is 5.64. The highest BCUT2D eigenvalue weighted by molar-refractivity contribution is 5.96. The van der Waals surface area contributed by atoms with Gasteiger partial charge in [-0.25, -0.2) is 4.39 Å². The van der Waals surface area contributed by atoms with Crippen molar-refractivity contribution in [2.24, 2.45) is 0 Å². The summed E-state index contributed by atoms with van der Waals surface area (Å²) in [5, 5.41) is 1.97. The van der Waals surface area contributed by atoms with Crippen LogP contribution in [0.2, 0.25) is 0 Å². The highest BCUT2D eigenvalue weighted by Gasteiger charge is 2.08. The minimum absolute atomic E-state index is 0.306. The molecule has 0 radical (unpaired) electrons. The second-order valence-electron chi connectivity index (χ2n) is 4.14. The van der Waals surface area contributed by atoms with Gasteiger partial charge in [0, 0.05) is 29.0 Å². The number of nitrogen functional groups attached to an aromatic ring is 1. The fourth-order valence-corrected chi connectivity index (χ4v) is 2.11. The average molecular weight is 238 g/mol. The number of fused-ring (bicyclic) bond motifs is 1. The standard InChI is InChI=1S/C15H11FN2/c16-15-8-11(17)4-5-14(15)13-3-1-2-10-9-18-7-6-12(10)13/h1-9H,17H2. The Morgan fingerprint density at radius 2 is 1.89 bits per heavy atom. The molecule has 0 aliphatic carbocycles. The number of rotatable bonds is 1. The lowest BCUT2D eigenvalue weighted by Crippen LogP contribution is -1.90. The van der Waals surface area contributed by atoms with E-state index in [0.717, 1.165) is 16.3 Å². The lowest BCUT2D eigenvalue weighted by atomic mass is 9.99. The molecule has 3 heteroatoms. The third-order valence-electron chi connectivity index (χ3n) is 2.96. The Morgan fingerprint density at radius 3 is 2.72 bits per heavy atom. The first kappa shape index (κ1) is 10.7. The Kier molecular flexibility index (Phi) is 2.45. The molecule has 0 saturated heterocycles. The van der Waals surface area contributed by atoms with Crippen LogP contribution in [-0.4, -0.2) is 4.98 Å². The minimum Gasteiger partial charge on any atom is -0.399 e. The number of aromatic nitrogens is 1. The summed E-state index contributed by atoms with van der Waals surface area (Å²) in [6.07, 6.45) is 3.48. The number of hydrogen-bond donors (Lipinski definition) is 1. The number of pyridine rings is 1. The van der Waals surface area contributed by atoms with Crippen LogP contribution in [0.3, 0.4) is 0 Å². The van der Waals surface area contributed by atoms with E-state index in [9.17, 15) is 4.39 Å². The maximum atomic E-state index is 14.0. The van der Waals surface area contributed by atoms with Crippen LogP contribution in [0.1, 0.15) is 0 Å². The molecule has 0 fully saturated rings. The highest BCUT2D eigenvalue weighted by atomic mass is 19.1. The van der Waals surface area contributed by atoms with Crippen molar-refractivity contribution in [1.82, 2.24) is 4.98 Å². The van der Waals surface area contributed by atoms with Gasteiger partial charge < -0.3 is 5.73 Å². The predicted molar refractivity (Wildman–Crippen MR) is 71.5 cm³/mol. The fourth-order valence-electron chi connectivity index (χ4n) is 2.11. The molecule has 88 valence electrons. The molecule has 0 unspecified atom stereocenters. The molecule has 0 saturated carbocycles. The van der Waals surface area contributed by atoms with E-state index < -0.39 is 0 Å². The van der Waals surface area contributed by atoms with Crippen molar-refractivity contribution in [1.29, 1.82) is 0 Å². The van der Waals surface area contributed by atoms with Crippen molar-refractivity contribution >= 4 is 16.5 Å². The number of benzene rings is 2. The molecule has 0 amide bonds. The van der Waals surface area contributed by atoms with Crippen molar-refractivity contribution in [2.45, 2.75) is 0 Å². The maximum Gasteiger partial charge on any atom is 0.133 e. The second-order valence-corrected chi connectivity index (χ2v) is 4.14. The first-order chi connectivity index (χ1) is 8.75. The Labute approximate surface area is 104 Å². The van der Waals surface area contributed by atoms with E-state index in [4.69, 9.17) is 5.73 Å². The molecular weight excluding hydrogens is 227 g/mol. The second kappa shape index (κ2) is 4.11. The number of anilines is 1. The van der Waals surface area contributed by atoms with E-state index in [-0.39, 0.29) is 5.82 Å². The normalized spacial score (nSPS) is 10.7. The average Bonchev–Trinajstić information content (AvgIpc) is 2.38. The summed E-state index contributed by atoms with van der Waals surface area (Å²) in [6, 6.07) is 12.4. The van der Waals surface area contributed by atoms with Crippen molar-refractivity contribution in [3.8, 4) is 11.1 Å². The van der Waals surface area contributed by atoms with Gasteiger partial charge in [-0.05, 0) is 35.2 Å². The van der Waals surface area contributed by atoms with Gasteiger partial charge >= 0.3 is 0 Å². The summed E-state index contributed by atoms with van der Waals surface area (Å²) in [6.45, 7) is 0. The molecule has 1 aromatic heterocycles. The van der Waals surface area contributed by atoms with E-state index in [1.807, 2.05) is 24.3 Å². The fraction of sp³-hybridized carbons (Fsp3) is 0. The number of nitrogens with zero attached hydrogens (tertiary/aromatic N) is 1. The summed E-state index contributed by atoms with van der Waals surface area (Å²) in [5.41, 5.74) is 7.41. The largest absolute Gasteiger partial charge is 0.399 e. The van der Waals surface area contributed by atoms with E-state index in [1.54, 1.807) is 24.5 Å². The first-order valence-corrected chi connectivity index (χ1v) is 5.64. The molecule has 18 heavy (non-hydrogen) atoms. The minimum atomic E-state index is -0.306. The molecule has 3 rings (SSSR count). The smallest absolute Gasteiger partial charge is 0.133 e. The van der Waals surface area contributed by atoms with Gasteiger partial charge in [0.05, 0.1) is 0 Å². The van der Waals surface area contributed by atoms with E-state index in [0.29, 0.717) is 11.3 Å². The van der Waals surface area contributed by atoms with Crippen LogP contribution in [-0.2, 0) is 0 Å². The molecular formula is C15H11FN2. The van der Waals surface area contributed by atoms with Crippen LogP contribution in [0.4, 0.5) is 10.1 Å². The van der Waals surface area contributed by atoms with Crippen LogP contribution in [0.25, 0.3) is 21.9 Å². The SMILES string of the molecule is Nc1ccc(-c2cccc3cnccc23)c(F)c1. The number of hydrogen-bond acceptors (Lipinski definition) is 2. The van der Waals surface area contributed by atoms with Gasteiger partial charge in [0.15, 0.2) is 0 Å². The van der Waals surface area contributed by atoms with Crippen molar-refractivity contribution in [2.75, 3.05) is 5.73 Å². The topological polar surface area (TPSA) is 38.9 Å². The predicted octanol–water partition coefficient (Wildman–Crippen LogP) is 3.62. The van der Waals surface area contributed by atoms with Crippen LogP contribution < -0.4 is 5.73 Å². The molecule has 1 heterocycles.